The zero-order valence-corrected chi connectivity index (χ0v) is 10.2. The van der Waals surface area contributed by atoms with Crippen molar-refractivity contribution < 1.29 is 9.90 Å². The van der Waals surface area contributed by atoms with Crippen LogP contribution < -0.4 is 0 Å². The lowest BCUT2D eigenvalue weighted by molar-refractivity contribution is -0.152. The minimum Gasteiger partial charge on any atom is -0.481 e. The molecule has 1 aromatic carbocycles. The predicted molar refractivity (Wildman–Crippen MR) is 65.3 cm³/mol. The molecule has 0 bridgehead atoms. The highest BCUT2D eigenvalue weighted by atomic mass is 16.4. The third kappa shape index (κ3) is 2.43. The molecule has 0 aliphatic rings. The Morgan fingerprint density at radius 1 is 1.31 bits per heavy atom. The Morgan fingerprint density at radius 3 is 2.25 bits per heavy atom. The quantitative estimate of drug-likeness (QED) is 0.826. The summed E-state index contributed by atoms with van der Waals surface area (Å²) in [5.74, 6) is -0.552. The van der Waals surface area contributed by atoms with Crippen molar-refractivity contribution in [1.82, 2.24) is 0 Å². The van der Waals surface area contributed by atoms with Crippen LogP contribution in [0.25, 0.3) is 0 Å². The van der Waals surface area contributed by atoms with Crippen LogP contribution in [0, 0.1) is 11.3 Å². The van der Waals surface area contributed by atoms with Gasteiger partial charge in [-0.3, -0.25) is 4.79 Å². The van der Waals surface area contributed by atoms with Crippen molar-refractivity contribution in [2.45, 2.75) is 33.6 Å². The summed E-state index contributed by atoms with van der Waals surface area (Å²) < 4.78 is 0. The monoisotopic (exact) mass is 220 g/mol. The van der Waals surface area contributed by atoms with E-state index in [2.05, 4.69) is 0 Å². The van der Waals surface area contributed by atoms with Gasteiger partial charge in [0.1, 0.15) is 0 Å². The Balaban J connectivity index is 3.00. The predicted octanol–water partition coefficient (Wildman–Crippen LogP) is 3.37. The van der Waals surface area contributed by atoms with Crippen molar-refractivity contribution in [2.75, 3.05) is 0 Å². The molecule has 0 amide bonds. The molecule has 0 saturated carbocycles. The molecule has 0 aliphatic carbocycles. The lowest BCUT2D eigenvalue weighted by atomic mass is 9.71. The fourth-order valence-electron chi connectivity index (χ4n) is 2.17. The van der Waals surface area contributed by atoms with Crippen molar-refractivity contribution in [3.05, 3.63) is 35.9 Å². The number of hydrogen-bond acceptors (Lipinski definition) is 1. The smallest absolute Gasteiger partial charge is 0.310 e. The summed E-state index contributed by atoms with van der Waals surface area (Å²) in [7, 11) is 0. The van der Waals surface area contributed by atoms with Gasteiger partial charge in [-0.05, 0) is 24.3 Å². The molecule has 1 unspecified atom stereocenters. The fraction of sp³-hybridized carbons (Fsp3) is 0.500. The van der Waals surface area contributed by atoms with Gasteiger partial charge >= 0.3 is 5.97 Å². The molecule has 16 heavy (non-hydrogen) atoms. The van der Waals surface area contributed by atoms with Crippen LogP contribution in [0.1, 0.15) is 32.8 Å². The molecule has 1 N–H and O–H groups in total. The van der Waals surface area contributed by atoms with E-state index in [1.54, 1.807) is 0 Å². The third-order valence-corrected chi connectivity index (χ3v) is 3.52. The second-order valence-corrected chi connectivity index (χ2v) is 4.63. The summed E-state index contributed by atoms with van der Waals surface area (Å²) in [5.41, 5.74) is 0.460. The van der Waals surface area contributed by atoms with Crippen molar-refractivity contribution in [2.24, 2.45) is 11.3 Å². The maximum atomic E-state index is 11.5. The van der Waals surface area contributed by atoms with E-state index in [0.717, 1.165) is 5.56 Å². The van der Waals surface area contributed by atoms with Crippen LogP contribution in [-0.4, -0.2) is 11.1 Å². The molecular weight excluding hydrogens is 200 g/mol. The van der Waals surface area contributed by atoms with Crippen LogP contribution in [0.5, 0.6) is 0 Å². The number of aliphatic carboxylic acids is 1. The minimum atomic E-state index is -0.686. The summed E-state index contributed by atoms with van der Waals surface area (Å²) >= 11 is 0. The van der Waals surface area contributed by atoms with Crippen molar-refractivity contribution in [3.63, 3.8) is 0 Å². The van der Waals surface area contributed by atoms with Gasteiger partial charge in [-0.2, -0.15) is 0 Å². The van der Waals surface area contributed by atoms with Gasteiger partial charge < -0.3 is 5.11 Å². The van der Waals surface area contributed by atoms with E-state index in [4.69, 9.17) is 0 Å². The molecule has 1 aromatic rings. The molecule has 0 saturated heterocycles. The number of carboxylic acid groups (broad SMARTS) is 1. The van der Waals surface area contributed by atoms with E-state index in [0.29, 0.717) is 12.8 Å². The highest BCUT2D eigenvalue weighted by molar-refractivity contribution is 5.75. The molecule has 0 fully saturated rings. The average Bonchev–Trinajstić information content (AvgIpc) is 2.26. The van der Waals surface area contributed by atoms with Gasteiger partial charge in [0.05, 0.1) is 5.41 Å². The molecule has 0 spiro atoms. The summed E-state index contributed by atoms with van der Waals surface area (Å²) in [6, 6.07) is 9.86. The van der Waals surface area contributed by atoms with Crippen LogP contribution in [0.3, 0.4) is 0 Å². The third-order valence-electron chi connectivity index (χ3n) is 3.52. The standard InChI is InChI=1S/C14H20O2/c1-4-14(11(2)3,13(15)16)10-12-8-6-5-7-9-12/h5-9,11H,4,10H2,1-3H3,(H,15,16). The Hall–Kier alpha value is -1.31. The van der Waals surface area contributed by atoms with Gasteiger partial charge in [0.15, 0.2) is 0 Å². The van der Waals surface area contributed by atoms with E-state index in [9.17, 15) is 9.90 Å². The summed E-state index contributed by atoms with van der Waals surface area (Å²) in [4.78, 5) is 11.5. The van der Waals surface area contributed by atoms with Gasteiger partial charge in [0.25, 0.3) is 0 Å². The zero-order valence-electron chi connectivity index (χ0n) is 10.2. The van der Waals surface area contributed by atoms with Crippen LogP contribution in [0.4, 0.5) is 0 Å². The largest absolute Gasteiger partial charge is 0.481 e. The van der Waals surface area contributed by atoms with Crippen LogP contribution in [0.2, 0.25) is 0 Å². The number of hydrogen-bond donors (Lipinski definition) is 1. The van der Waals surface area contributed by atoms with E-state index in [-0.39, 0.29) is 5.92 Å². The van der Waals surface area contributed by atoms with E-state index in [1.807, 2.05) is 51.1 Å². The molecule has 88 valence electrons. The highest BCUT2D eigenvalue weighted by Gasteiger charge is 2.39. The maximum Gasteiger partial charge on any atom is 0.310 e. The second-order valence-electron chi connectivity index (χ2n) is 4.63. The summed E-state index contributed by atoms with van der Waals surface area (Å²) in [5, 5.41) is 9.46. The second kappa shape index (κ2) is 5.15. The Bertz CT molecular complexity index is 343. The lowest BCUT2D eigenvalue weighted by Gasteiger charge is -2.32. The SMILES string of the molecule is CCC(Cc1ccccc1)(C(=O)O)C(C)C. The van der Waals surface area contributed by atoms with Crippen molar-refractivity contribution in [3.8, 4) is 0 Å². The number of carbonyl (C=O) groups is 1. The first kappa shape index (κ1) is 12.8. The Kier molecular flexibility index (Phi) is 4.11. The average molecular weight is 220 g/mol. The van der Waals surface area contributed by atoms with Gasteiger partial charge in [0, 0.05) is 0 Å². The van der Waals surface area contributed by atoms with E-state index in [1.165, 1.54) is 0 Å². The lowest BCUT2D eigenvalue weighted by Crippen LogP contribution is -2.37. The number of benzene rings is 1. The molecule has 0 aromatic heterocycles. The van der Waals surface area contributed by atoms with Gasteiger partial charge in [-0.15, -0.1) is 0 Å². The number of carboxylic acids is 1. The van der Waals surface area contributed by atoms with Gasteiger partial charge in [-0.25, -0.2) is 0 Å². The molecular formula is C14H20O2. The number of rotatable bonds is 5. The normalized spacial score (nSPS) is 14.8. The Morgan fingerprint density at radius 2 is 1.88 bits per heavy atom. The highest BCUT2D eigenvalue weighted by Crippen LogP contribution is 2.35. The first-order valence-electron chi connectivity index (χ1n) is 5.80. The first-order valence-corrected chi connectivity index (χ1v) is 5.80. The van der Waals surface area contributed by atoms with Crippen LogP contribution >= 0.6 is 0 Å². The zero-order chi connectivity index (χ0) is 12.2. The summed E-state index contributed by atoms with van der Waals surface area (Å²) in [6.45, 7) is 5.93. The van der Waals surface area contributed by atoms with Crippen LogP contribution in [-0.2, 0) is 11.2 Å². The van der Waals surface area contributed by atoms with E-state index >= 15 is 0 Å². The molecule has 1 rings (SSSR count). The molecule has 0 radical (unpaired) electrons. The molecule has 2 heteroatoms. The molecule has 0 heterocycles. The fourth-order valence-corrected chi connectivity index (χ4v) is 2.17. The molecule has 2 nitrogen and oxygen atoms in total. The van der Waals surface area contributed by atoms with Crippen LogP contribution in [0.15, 0.2) is 30.3 Å². The molecule has 0 aliphatic heterocycles. The topological polar surface area (TPSA) is 37.3 Å². The minimum absolute atomic E-state index is 0.134. The maximum absolute atomic E-state index is 11.5. The summed E-state index contributed by atoms with van der Waals surface area (Å²) in [6.07, 6.45) is 1.27. The van der Waals surface area contributed by atoms with Crippen molar-refractivity contribution in [1.29, 1.82) is 0 Å². The Labute approximate surface area is 97.3 Å². The first-order chi connectivity index (χ1) is 7.53. The van der Waals surface area contributed by atoms with E-state index < -0.39 is 11.4 Å². The molecule has 1 atom stereocenters. The van der Waals surface area contributed by atoms with Crippen molar-refractivity contribution >= 4 is 5.97 Å². The van der Waals surface area contributed by atoms with Gasteiger partial charge in [-0.1, -0.05) is 51.1 Å². The van der Waals surface area contributed by atoms with Gasteiger partial charge in [0.2, 0.25) is 0 Å².